The molecule has 0 atom stereocenters. The van der Waals surface area contributed by atoms with Crippen LogP contribution in [0.3, 0.4) is 0 Å². The summed E-state index contributed by atoms with van der Waals surface area (Å²) in [6, 6.07) is 8.84. The van der Waals surface area contributed by atoms with E-state index in [1.165, 1.54) is 10.9 Å². The summed E-state index contributed by atoms with van der Waals surface area (Å²) in [7, 11) is 0. The molecule has 0 saturated carbocycles. The molecule has 1 aromatic heterocycles. The van der Waals surface area contributed by atoms with Gasteiger partial charge in [-0.05, 0) is 12.1 Å². The zero-order chi connectivity index (χ0) is 13.0. The fraction of sp³-hybridized carbons (Fsp3) is 0.167. The lowest BCUT2D eigenvalue weighted by molar-refractivity contribution is 0.0679. The monoisotopic (exact) mass is 248 g/mol. The molecule has 2 N–H and O–H groups in total. The van der Waals surface area contributed by atoms with Gasteiger partial charge in [0, 0.05) is 0 Å². The summed E-state index contributed by atoms with van der Waals surface area (Å²) < 4.78 is 6.65. The van der Waals surface area contributed by atoms with E-state index < -0.39 is 5.97 Å². The van der Waals surface area contributed by atoms with Gasteiger partial charge in [-0.2, -0.15) is 5.10 Å². The second-order valence-electron chi connectivity index (χ2n) is 3.52. The van der Waals surface area contributed by atoms with Gasteiger partial charge in [-0.25, -0.2) is 4.79 Å². The van der Waals surface area contributed by atoms with Crippen molar-refractivity contribution in [2.75, 3.05) is 6.61 Å². The Bertz CT molecular complexity index is 536. The van der Waals surface area contributed by atoms with Crippen LogP contribution in [0.2, 0.25) is 0 Å². The Labute approximate surface area is 103 Å². The zero-order valence-electron chi connectivity index (χ0n) is 9.48. The maximum atomic E-state index is 11.1. The maximum absolute atomic E-state index is 11.1. The number of aromatic carboxylic acids is 1. The Morgan fingerprint density at radius 1 is 1.33 bits per heavy atom. The summed E-state index contributed by atoms with van der Waals surface area (Å²) >= 11 is 0. The number of carboxylic acid groups (broad SMARTS) is 1. The van der Waals surface area contributed by atoms with E-state index in [4.69, 9.17) is 14.9 Å². The zero-order valence-corrected chi connectivity index (χ0v) is 9.48. The Kier molecular flexibility index (Phi) is 3.59. The lowest BCUT2D eigenvalue weighted by Crippen LogP contribution is -2.12. The molecule has 0 unspecified atom stereocenters. The van der Waals surface area contributed by atoms with E-state index >= 15 is 0 Å². The van der Waals surface area contributed by atoms with Crippen molar-refractivity contribution in [2.24, 2.45) is 0 Å². The molecule has 18 heavy (non-hydrogen) atoms. The molecular weight excluding hydrogens is 236 g/mol. The number of para-hydroxylation sites is 1. The van der Waals surface area contributed by atoms with Gasteiger partial charge in [0.25, 0.3) is 0 Å². The summed E-state index contributed by atoms with van der Waals surface area (Å²) in [5, 5.41) is 21.8. The number of carboxylic acids is 1. The highest BCUT2D eigenvalue weighted by atomic mass is 16.5. The number of aromatic nitrogens is 2. The van der Waals surface area contributed by atoms with E-state index in [9.17, 15) is 4.79 Å². The lowest BCUT2D eigenvalue weighted by atomic mass is 10.3. The molecule has 0 aliphatic carbocycles. The number of aliphatic hydroxyl groups excluding tert-OH is 1. The standard InChI is InChI=1S/C12H12N2O4/c15-7-6-14-11(12(16)17)10(8-13-14)18-9-4-2-1-3-5-9/h1-5,8,15H,6-7H2,(H,16,17). The van der Waals surface area contributed by atoms with E-state index in [1.807, 2.05) is 6.07 Å². The Morgan fingerprint density at radius 2 is 2.06 bits per heavy atom. The predicted octanol–water partition coefficient (Wildman–Crippen LogP) is 1.37. The van der Waals surface area contributed by atoms with E-state index in [0.717, 1.165) is 0 Å². The number of nitrogens with zero attached hydrogens (tertiary/aromatic N) is 2. The van der Waals surface area contributed by atoms with Gasteiger partial charge in [-0.3, -0.25) is 4.68 Å². The minimum absolute atomic E-state index is 0.0760. The van der Waals surface area contributed by atoms with Crippen LogP contribution in [0.1, 0.15) is 10.5 Å². The molecule has 0 saturated heterocycles. The highest BCUT2D eigenvalue weighted by molar-refractivity contribution is 5.88. The number of hydrogen-bond donors (Lipinski definition) is 2. The van der Waals surface area contributed by atoms with E-state index in [0.29, 0.717) is 5.75 Å². The highest BCUT2D eigenvalue weighted by Gasteiger charge is 2.19. The first kappa shape index (κ1) is 12.1. The third-order valence-corrected chi connectivity index (χ3v) is 2.29. The fourth-order valence-electron chi connectivity index (χ4n) is 1.54. The van der Waals surface area contributed by atoms with E-state index in [-0.39, 0.29) is 24.6 Å². The number of carbonyl (C=O) groups is 1. The minimum atomic E-state index is -1.15. The molecule has 0 aliphatic heterocycles. The number of aliphatic hydroxyl groups is 1. The number of rotatable bonds is 5. The van der Waals surface area contributed by atoms with Crippen LogP contribution >= 0.6 is 0 Å². The van der Waals surface area contributed by atoms with Crippen LogP contribution in [0, 0.1) is 0 Å². The molecule has 0 bridgehead atoms. The molecule has 6 heteroatoms. The molecule has 0 amide bonds. The van der Waals surface area contributed by atoms with Crippen LogP contribution < -0.4 is 4.74 Å². The Hall–Kier alpha value is -2.34. The number of hydrogen-bond acceptors (Lipinski definition) is 4. The van der Waals surface area contributed by atoms with Gasteiger partial charge >= 0.3 is 5.97 Å². The molecule has 6 nitrogen and oxygen atoms in total. The van der Waals surface area contributed by atoms with Crippen molar-refractivity contribution < 1.29 is 19.7 Å². The van der Waals surface area contributed by atoms with Gasteiger partial charge in [-0.15, -0.1) is 0 Å². The summed E-state index contributed by atoms with van der Waals surface area (Å²) in [5.41, 5.74) is -0.0760. The lowest BCUT2D eigenvalue weighted by Gasteiger charge is -2.05. The molecule has 2 rings (SSSR count). The SMILES string of the molecule is O=C(O)c1c(Oc2ccccc2)cnn1CCO. The quantitative estimate of drug-likeness (QED) is 0.834. The largest absolute Gasteiger partial charge is 0.476 e. The van der Waals surface area contributed by atoms with Gasteiger partial charge in [0.05, 0.1) is 19.3 Å². The van der Waals surface area contributed by atoms with Crippen LogP contribution in [-0.2, 0) is 6.54 Å². The molecule has 0 fully saturated rings. The van der Waals surface area contributed by atoms with Crippen LogP contribution in [0.4, 0.5) is 0 Å². The maximum Gasteiger partial charge on any atom is 0.358 e. The van der Waals surface area contributed by atoms with Crippen LogP contribution in [0.25, 0.3) is 0 Å². The Balaban J connectivity index is 2.30. The third-order valence-electron chi connectivity index (χ3n) is 2.29. The van der Waals surface area contributed by atoms with Gasteiger partial charge in [0.15, 0.2) is 11.4 Å². The summed E-state index contributed by atoms with van der Waals surface area (Å²) in [6.07, 6.45) is 1.33. The third kappa shape index (κ3) is 2.49. The molecule has 0 aliphatic rings. The smallest absolute Gasteiger partial charge is 0.358 e. The van der Waals surface area contributed by atoms with Crippen LogP contribution in [0.15, 0.2) is 36.5 Å². The van der Waals surface area contributed by atoms with Gasteiger partial charge in [-0.1, -0.05) is 18.2 Å². The van der Waals surface area contributed by atoms with Crippen molar-refractivity contribution in [2.45, 2.75) is 6.54 Å². The predicted molar refractivity (Wildman–Crippen MR) is 62.8 cm³/mol. The number of ether oxygens (including phenoxy) is 1. The summed E-state index contributed by atoms with van der Waals surface area (Å²) in [6.45, 7) is -0.0769. The molecule has 1 aromatic carbocycles. The van der Waals surface area contributed by atoms with Crippen molar-refractivity contribution in [3.05, 3.63) is 42.2 Å². The molecule has 2 aromatic rings. The average molecular weight is 248 g/mol. The minimum Gasteiger partial charge on any atom is -0.476 e. The topological polar surface area (TPSA) is 84.6 Å². The van der Waals surface area contributed by atoms with Gasteiger partial charge in [0.1, 0.15) is 5.75 Å². The first-order chi connectivity index (χ1) is 8.72. The molecule has 94 valence electrons. The van der Waals surface area contributed by atoms with Crippen molar-refractivity contribution in [3.63, 3.8) is 0 Å². The average Bonchev–Trinajstić information content (AvgIpc) is 2.74. The van der Waals surface area contributed by atoms with E-state index in [2.05, 4.69) is 5.10 Å². The highest BCUT2D eigenvalue weighted by Crippen LogP contribution is 2.24. The fourth-order valence-corrected chi connectivity index (χ4v) is 1.54. The summed E-state index contributed by atoms with van der Waals surface area (Å²) in [5.74, 6) is -0.461. The van der Waals surface area contributed by atoms with Crippen molar-refractivity contribution in [1.29, 1.82) is 0 Å². The molecular formula is C12H12N2O4. The van der Waals surface area contributed by atoms with Crippen molar-refractivity contribution in [3.8, 4) is 11.5 Å². The molecule has 0 spiro atoms. The van der Waals surface area contributed by atoms with E-state index in [1.54, 1.807) is 24.3 Å². The van der Waals surface area contributed by atoms with Gasteiger partial charge < -0.3 is 14.9 Å². The van der Waals surface area contributed by atoms with Crippen LogP contribution in [0.5, 0.6) is 11.5 Å². The first-order valence-electron chi connectivity index (χ1n) is 5.35. The second-order valence-corrected chi connectivity index (χ2v) is 3.52. The molecule has 1 heterocycles. The van der Waals surface area contributed by atoms with Gasteiger partial charge in [0.2, 0.25) is 0 Å². The molecule has 0 radical (unpaired) electrons. The Morgan fingerprint density at radius 3 is 2.67 bits per heavy atom. The van der Waals surface area contributed by atoms with Crippen molar-refractivity contribution in [1.82, 2.24) is 9.78 Å². The normalized spacial score (nSPS) is 10.3. The number of benzene rings is 1. The van der Waals surface area contributed by atoms with Crippen LogP contribution in [-0.4, -0.2) is 32.6 Å². The van der Waals surface area contributed by atoms with Crippen molar-refractivity contribution >= 4 is 5.97 Å². The summed E-state index contributed by atoms with van der Waals surface area (Å²) in [4.78, 5) is 11.1. The first-order valence-corrected chi connectivity index (χ1v) is 5.35. The second kappa shape index (κ2) is 5.33.